The summed E-state index contributed by atoms with van der Waals surface area (Å²) in [6.45, 7) is 2.24. The van der Waals surface area contributed by atoms with Gasteiger partial charge in [0, 0.05) is 18.0 Å². The highest BCUT2D eigenvalue weighted by Gasteiger charge is 2.27. The van der Waals surface area contributed by atoms with Crippen molar-refractivity contribution in [3.8, 4) is 0 Å². The molecule has 16 heavy (non-hydrogen) atoms. The number of hydrogen-bond donors (Lipinski definition) is 1. The smallest absolute Gasteiger partial charge is 0.115 e. The number of hydrogen-bond acceptors (Lipinski definition) is 3. The second-order valence-electron chi connectivity index (χ2n) is 4.82. The number of rotatable bonds is 3. The number of aliphatic hydroxyl groups excluding tert-OH is 1. The highest BCUT2D eigenvalue weighted by Crippen LogP contribution is 2.37. The van der Waals surface area contributed by atoms with E-state index in [0.29, 0.717) is 5.92 Å². The minimum Gasteiger partial charge on any atom is -0.388 e. The number of nitrogens with zero attached hydrogens (tertiary/aromatic N) is 2. The van der Waals surface area contributed by atoms with Crippen molar-refractivity contribution in [2.24, 2.45) is 11.8 Å². The lowest BCUT2D eigenvalue weighted by Gasteiger charge is -2.31. The summed E-state index contributed by atoms with van der Waals surface area (Å²) < 4.78 is 0. The third kappa shape index (κ3) is 2.59. The van der Waals surface area contributed by atoms with E-state index in [-0.39, 0.29) is 6.10 Å². The van der Waals surface area contributed by atoms with Crippen LogP contribution in [0.3, 0.4) is 0 Å². The van der Waals surface area contributed by atoms with Crippen LogP contribution >= 0.6 is 0 Å². The van der Waals surface area contributed by atoms with Gasteiger partial charge in [-0.25, -0.2) is 9.97 Å². The zero-order chi connectivity index (χ0) is 11.4. The molecule has 88 valence electrons. The molecule has 0 aliphatic heterocycles. The van der Waals surface area contributed by atoms with Gasteiger partial charge in [-0.3, -0.25) is 0 Å². The van der Waals surface area contributed by atoms with E-state index in [2.05, 4.69) is 16.9 Å². The summed E-state index contributed by atoms with van der Waals surface area (Å²) in [6, 6.07) is 0. The maximum atomic E-state index is 10.3. The Morgan fingerprint density at radius 2 is 2.12 bits per heavy atom. The molecule has 3 atom stereocenters. The summed E-state index contributed by atoms with van der Waals surface area (Å²) in [5.41, 5.74) is 0.865. The van der Waals surface area contributed by atoms with Crippen molar-refractivity contribution in [2.45, 2.75) is 45.1 Å². The molecule has 1 fully saturated rings. The van der Waals surface area contributed by atoms with Crippen LogP contribution in [-0.2, 0) is 0 Å². The van der Waals surface area contributed by atoms with Crippen molar-refractivity contribution >= 4 is 0 Å². The van der Waals surface area contributed by atoms with Gasteiger partial charge < -0.3 is 5.11 Å². The Hall–Kier alpha value is -0.960. The first-order valence-corrected chi connectivity index (χ1v) is 6.24. The monoisotopic (exact) mass is 220 g/mol. The summed E-state index contributed by atoms with van der Waals surface area (Å²) >= 11 is 0. The van der Waals surface area contributed by atoms with Gasteiger partial charge in [0.25, 0.3) is 0 Å². The van der Waals surface area contributed by atoms with E-state index in [4.69, 9.17) is 0 Å². The summed E-state index contributed by atoms with van der Waals surface area (Å²) in [7, 11) is 0. The normalized spacial score (nSPS) is 27.6. The van der Waals surface area contributed by atoms with Crippen molar-refractivity contribution in [3.63, 3.8) is 0 Å². The van der Waals surface area contributed by atoms with Gasteiger partial charge in [0.2, 0.25) is 0 Å². The molecule has 0 bridgehead atoms. The fourth-order valence-corrected chi connectivity index (χ4v) is 2.73. The van der Waals surface area contributed by atoms with Gasteiger partial charge in [0.05, 0.1) is 6.10 Å². The maximum Gasteiger partial charge on any atom is 0.115 e. The Morgan fingerprint density at radius 1 is 1.38 bits per heavy atom. The SMILES string of the molecule is CCC1CCCC(C(O)c2cncnc2)C1. The lowest BCUT2D eigenvalue weighted by atomic mass is 9.76. The van der Waals surface area contributed by atoms with Crippen LogP contribution in [0.5, 0.6) is 0 Å². The third-order valence-corrected chi connectivity index (χ3v) is 3.77. The van der Waals surface area contributed by atoms with Crippen molar-refractivity contribution in [3.05, 3.63) is 24.3 Å². The Kier molecular flexibility index (Phi) is 3.88. The van der Waals surface area contributed by atoms with Crippen LogP contribution in [0, 0.1) is 11.8 Å². The van der Waals surface area contributed by atoms with Crippen molar-refractivity contribution in [1.29, 1.82) is 0 Å². The summed E-state index contributed by atoms with van der Waals surface area (Å²) in [5.74, 6) is 1.18. The van der Waals surface area contributed by atoms with Gasteiger partial charge in [0.1, 0.15) is 6.33 Å². The van der Waals surface area contributed by atoms with E-state index in [1.54, 1.807) is 12.4 Å². The molecule has 2 rings (SSSR count). The summed E-state index contributed by atoms with van der Waals surface area (Å²) in [6.07, 6.45) is 10.7. The Balaban J connectivity index is 2.01. The average molecular weight is 220 g/mol. The first-order valence-electron chi connectivity index (χ1n) is 6.24. The molecule has 0 saturated heterocycles. The fraction of sp³-hybridized carbons (Fsp3) is 0.692. The first kappa shape index (κ1) is 11.5. The fourth-order valence-electron chi connectivity index (χ4n) is 2.73. The minimum absolute atomic E-state index is 0.379. The van der Waals surface area contributed by atoms with Crippen molar-refractivity contribution < 1.29 is 5.11 Å². The summed E-state index contributed by atoms with van der Waals surface area (Å²) in [4.78, 5) is 7.94. The van der Waals surface area contributed by atoms with E-state index in [1.165, 1.54) is 25.6 Å². The number of aromatic nitrogens is 2. The maximum absolute atomic E-state index is 10.3. The molecule has 1 aliphatic carbocycles. The summed E-state index contributed by atoms with van der Waals surface area (Å²) in [5, 5.41) is 10.3. The second kappa shape index (κ2) is 5.39. The van der Waals surface area contributed by atoms with Crippen LogP contribution in [0.1, 0.15) is 50.7 Å². The highest BCUT2D eigenvalue weighted by molar-refractivity contribution is 5.08. The predicted octanol–water partition coefficient (Wildman–Crippen LogP) is 2.73. The van der Waals surface area contributed by atoms with Gasteiger partial charge in [-0.1, -0.05) is 26.2 Å². The third-order valence-electron chi connectivity index (χ3n) is 3.77. The molecule has 1 aromatic rings. The van der Waals surface area contributed by atoms with Crippen LogP contribution < -0.4 is 0 Å². The van der Waals surface area contributed by atoms with Gasteiger partial charge >= 0.3 is 0 Å². The molecular weight excluding hydrogens is 200 g/mol. The lowest BCUT2D eigenvalue weighted by molar-refractivity contribution is 0.0672. The van der Waals surface area contributed by atoms with Gasteiger partial charge in [0.15, 0.2) is 0 Å². The van der Waals surface area contributed by atoms with Crippen LogP contribution in [0.15, 0.2) is 18.7 Å². The molecule has 1 saturated carbocycles. The Labute approximate surface area is 96.9 Å². The van der Waals surface area contributed by atoms with Crippen molar-refractivity contribution in [1.82, 2.24) is 9.97 Å². The quantitative estimate of drug-likeness (QED) is 0.852. The minimum atomic E-state index is -0.379. The molecule has 0 spiro atoms. The molecule has 1 N–H and O–H groups in total. The molecule has 0 amide bonds. The van der Waals surface area contributed by atoms with Crippen LogP contribution in [0.2, 0.25) is 0 Å². The molecule has 3 nitrogen and oxygen atoms in total. The van der Waals surface area contributed by atoms with Gasteiger partial charge in [-0.05, 0) is 24.7 Å². The second-order valence-corrected chi connectivity index (χ2v) is 4.82. The van der Waals surface area contributed by atoms with Gasteiger partial charge in [-0.15, -0.1) is 0 Å². The van der Waals surface area contributed by atoms with Crippen LogP contribution in [-0.4, -0.2) is 15.1 Å². The molecule has 1 aromatic heterocycles. The van der Waals surface area contributed by atoms with Crippen LogP contribution in [0.25, 0.3) is 0 Å². The molecule has 1 heterocycles. The average Bonchev–Trinajstić information content (AvgIpc) is 2.39. The van der Waals surface area contributed by atoms with E-state index < -0.39 is 0 Å². The van der Waals surface area contributed by atoms with Gasteiger partial charge in [-0.2, -0.15) is 0 Å². The Bertz CT molecular complexity index is 315. The molecular formula is C13H20N2O. The highest BCUT2D eigenvalue weighted by atomic mass is 16.3. The molecule has 0 radical (unpaired) electrons. The molecule has 3 unspecified atom stereocenters. The van der Waals surface area contributed by atoms with E-state index in [0.717, 1.165) is 24.3 Å². The standard InChI is InChI=1S/C13H20N2O/c1-2-10-4-3-5-11(6-10)13(16)12-7-14-9-15-8-12/h7-11,13,16H,2-6H2,1H3. The largest absolute Gasteiger partial charge is 0.388 e. The lowest BCUT2D eigenvalue weighted by Crippen LogP contribution is -2.21. The van der Waals surface area contributed by atoms with Crippen LogP contribution in [0.4, 0.5) is 0 Å². The Morgan fingerprint density at radius 3 is 2.81 bits per heavy atom. The van der Waals surface area contributed by atoms with E-state index in [9.17, 15) is 5.11 Å². The van der Waals surface area contributed by atoms with E-state index >= 15 is 0 Å². The zero-order valence-electron chi connectivity index (χ0n) is 9.84. The topological polar surface area (TPSA) is 46.0 Å². The number of aliphatic hydroxyl groups is 1. The molecule has 1 aliphatic rings. The van der Waals surface area contributed by atoms with Crippen molar-refractivity contribution in [2.75, 3.05) is 0 Å². The van der Waals surface area contributed by atoms with E-state index in [1.807, 2.05) is 0 Å². The molecule has 3 heteroatoms. The predicted molar refractivity (Wildman–Crippen MR) is 62.7 cm³/mol. The zero-order valence-corrected chi connectivity index (χ0v) is 9.84. The molecule has 0 aromatic carbocycles. The first-order chi connectivity index (χ1) is 7.81.